The molecule has 1 aromatic heterocycles. The molecular formula is C22H31N5O. The van der Waals surface area contributed by atoms with Crippen molar-refractivity contribution in [2.24, 2.45) is 0 Å². The molecule has 0 atom stereocenters. The summed E-state index contributed by atoms with van der Waals surface area (Å²) in [5, 5.41) is 3.03. The molecule has 0 radical (unpaired) electrons. The maximum atomic E-state index is 12.4. The quantitative estimate of drug-likeness (QED) is 0.861. The second-order valence-electron chi connectivity index (χ2n) is 8.07. The molecule has 28 heavy (non-hydrogen) atoms. The van der Waals surface area contributed by atoms with E-state index in [0.29, 0.717) is 12.5 Å². The minimum absolute atomic E-state index is 0.0402. The van der Waals surface area contributed by atoms with Crippen LogP contribution in [0.1, 0.15) is 42.4 Å². The monoisotopic (exact) mass is 381 g/mol. The van der Waals surface area contributed by atoms with Gasteiger partial charge in [0.05, 0.1) is 6.54 Å². The Bertz CT molecular complexity index is 821. The molecular weight excluding hydrogens is 350 g/mol. The zero-order valence-electron chi connectivity index (χ0n) is 17.6. The minimum Gasteiger partial charge on any atom is -0.354 e. The summed E-state index contributed by atoms with van der Waals surface area (Å²) >= 11 is 0. The molecule has 6 heteroatoms. The number of benzene rings is 1. The van der Waals surface area contributed by atoms with E-state index >= 15 is 0 Å². The van der Waals surface area contributed by atoms with Crippen LogP contribution in [0.2, 0.25) is 0 Å². The SMILES string of the molecule is Cc1cc(C)cc(NC(=O)CN2CCN(c3cc(C)nc(C(C)C)n3)CC2)c1. The van der Waals surface area contributed by atoms with Crippen LogP contribution in [0.5, 0.6) is 0 Å². The van der Waals surface area contributed by atoms with Gasteiger partial charge in [-0.25, -0.2) is 9.97 Å². The summed E-state index contributed by atoms with van der Waals surface area (Å²) in [7, 11) is 0. The van der Waals surface area contributed by atoms with Crippen LogP contribution in [0.15, 0.2) is 24.3 Å². The fraction of sp³-hybridized carbons (Fsp3) is 0.500. The second kappa shape index (κ2) is 8.69. The van der Waals surface area contributed by atoms with Gasteiger partial charge in [0, 0.05) is 49.5 Å². The normalized spacial score (nSPS) is 15.1. The number of hydrogen-bond donors (Lipinski definition) is 1. The van der Waals surface area contributed by atoms with Crippen LogP contribution in [-0.4, -0.2) is 53.5 Å². The average Bonchev–Trinajstić information content (AvgIpc) is 2.60. The van der Waals surface area contributed by atoms with Crippen molar-refractivity contribution in [1.82, 2.24) is 14.9 Å². The summed E-state index contributed by atoms with van der Waals surface area (Å²) < 4.78 is 0. The molecule has 1 aromatic carbocycles. The summed E-state index contributed by atoms with van der Waals surface area (Å²) in [6.07, 6.45) is 0. The Morgan fingerprint density at radius 2 is 1.64 bits per heavy atom. The van der Waals surface area contributed by atoms with Gasteiger partial charge in [0.25, 0.3) is 0 Å². The van der Waals surface area contributed by atoms with Gasteiger partial charge in [-0.3, -0.25) is 9.69 Å². The molecule has 3 rings (SSSR count). The summed E-state index contributed by atoms with van der Waals surface area (Å²) in [5.74, 6) is 2.24. The Kier molecular flexibility index (Phi) is 6.29. The van der Waals surface area contributed by atoms with Crippen molar-refractivity contribution < 1.29 is 4.79 Å². The van der Waals surface area contributed by atoms with Gasteiger partial charge in [-0.15, -0.1) is 0 Å². The second-order valence-corrected chi connectivity index (χ2v) is 8.07. The van der Waals surface area contributed by atoms with Crippen LogP contribution in [-0.2, 0) is 4.79 Å². The van der Waals surface area contributed by atoms with E-state index in [0.717, 1.165) is 60.3 Å². The number of nitrogens with zero attached hydrogens (tertiary/aromatic N) is 4. The highest BCUT2D eigenvalue weighted by atomic mass is 16.2. The number of aryl methyl sites for hydroxylation is 3. The van der Waals surface area contributed by atoms with Crippen LogP contribution >= 0.6 is 0 Å². The predicted octanol–water partition coefficient (Wildman–Crippen LogP) is 3.29. The van der Waals surface area contributed by atoms with Crippen LogP contribution in [0.3, 0.4) is 0 Å². The first kappa shape index (κ1) is 20.3. The number of piperazine rings is 1. The van der Waals surface area contributed by atoms with Gasteiger partial charge < -0.3 is 10.2 Å². The lowest BCUT2D eigenvalue weighted by atomic mass is 10.1. The van der Waals surface area contributed by atoms with Crippen LogP contribution in [0.25, 0.3) is 0 Å². The molecule has 150 valence electrons. The summed E-state index contributed by atoms with van der Waals surface area (Å²) in [6, 6.07) is 8.17. The van der Waals surface area contributed by atoms with Gasteiger partial charge in [0.15, 0.2) is 0 Å². The largest absolute Gasteiger partial charge is 0.354 e. The highest BCUT2D eigenvalue weighted by Crippen LogP contribution is 2.19. The molecule has 0 aliphatic carbocycles. The highest BCUT2D eigenvalue weighted by Gasteiger charge is 2.21. The van der Waals surface area contributed by atoms with Crippen LogP contribution in [0.4, 0.5) is 11.5 Å². The van der Waals surface area contributed by atoms with Gasteiger partial charge in [-0.05, 0) is 44.0 Å². The van der Waals surface area contributed by atoms with Crippen molar-refractivity contribution in [3.8, 4) is 0 Å². The smallest absolute Gasteiger partial charge is 0.238 e. The van der Waals surface area contributed by atoms with E-state index in [-0.39, 0.29) is 5.91 Å². The van der Waals surface area contributed by atoms with E-state index in [2.05, 4.69) is 40.0 Å². The Hall–Kier alpha value is -2.47. The first-order valence-corrected chi connectivity index (χ1v) is 10.0. The Morgan fingerprint density at radius 1 is 1.00 bits per heavy atom. The number of carbonyl (C=O) groups is 1. The molecule has 2 heterocycles. The predicted molar refractivity (Wildman–Crippen MR) is 114 cm³/mol. The Balaban J connectivity index is 1.55. The lowest BCUT2D eigenvalue weighted by molar-refractivity contribution is -0.117. The van der Waals surface area contributed by atoms with Crippen molar-refractivity contribution in [3.05, 3.63) is 46.9 Å². The molecule has 1 aliphatic heterocycles. The fourth-order valence-electron chi connectivity index (χ4n) is 3.58. The third kappa shape index (κ3) is 5.29. The zero-order valence-corrected chi connectivity index (χ0v) is 17.6. The minimum atomic E-state index is 0.0402. The number of nitrogens with one attached hydrogen (secondary N) is 1. The third-order valence-electron chi connectivity index (χ3n) is 4.94. The molecule has 2 aromatic rings. The van der Waals surface area contributed by atoms with E-state index in [4.69, 9.17) is 4.98 Å². The van der Waals surface area contributed by atoms with Crippen LogP contribution < -0.4 is 10.2 Å². The first-order valence-electron chi connectivity index (χ1n) is 10.0. The van der Waals surface area contributed by atoms with E-state index in [1.807, 2.05) is 39.0 Å². The first-order chi connectivity index (χ1) is 13.3. The van der Waals surface area contributed by atoms with Crippen molar-refractivity contribution in [2.75, 3.05) is 42.9 Å². The van der Waals surface area contributed by atoms with E-state index in [9.17, 15) is 4.79 Å². The van der Waals surface area contributed by atoms with Crippen molar-refractivity contribution in [1.29, 1.82) is 0 Å². The zero-order chi connectivity index (χ0) is 20.3. The lowest BCUT2D eigenvalue weighted by Gasteiger charge is -2.35. The van der Waals surface area contributed by atoms with E-state index in [1.165, 1.54) is 0 Å². The number of hydrogen-bond acceptors (Lipinski definition) is 5. The third-order valence-corrected chi connectivity index (χ3v) is 4.94. The van der Waals surface area contributed by atoms with Gasteiger partial charge in [-0.2, -0.15) is 0 Å². The lowest BCUT2D eigenvalue weighted by Crippen LogP contribution is -2.49. The molecule has 1 fully saturated rings. The fourth-order valence-corrected chi connectivity index (χ4v) is 3.58. The van der Waals surface area contributed by atoms with Gasteiger partial charge in [0.2, 0.25) is 5.91 Å². The summed E-state index contributed by atoms with van der Waals surface area (Å²) in [4.78, 5) is 26.2. The highest BCUT2D eigenvalue weighted by molar-refractivity contribution is 5.92. The van der Waals surface area contributed by atoms with Crippen molar-refractivity contribution in [2.45, 2.75) is 40.5 Å². The number of rotatable bonds is 5. The number of anilines is 2. The Labute approximate surface area is 168 Å². The molecule has 1 aliphatic rings. The van der Waals surface area contributed by atoms with E-state index in [1.54, 1.807) is 0 Å². The maximum Gasteiger partial charge on any atom is 0.238 e. The molecule has 0 bridgehead atoms. The van der Waals surface area contributed by atoms with E-state index < -0.39 is 0 Å². The number of aromatic nitrogens is 2. The van der Waals surface area contributed by atoms with Crippen molar-refractivity contribution in [3.63, 3.8) is 0 Å². The summed E-state index contributed by atoms with van der Waals surface area (Å²) in [5.41, 5.74) is 4.19. The molecule has 0 spiro atoms. The number of carbonyl (C=O) groups excluding carboxylic acids is 1. The Morgan fingerprint density at radius 3 is 2.25 bits per heavy atom. The number of amides is 1. The summed E-state index contributed by atoms with van der Waals surface area (Å²) in [6.45, 7) is 14.2. The standard InChI is InChI=1S/C22H31N5O/c1-15(2)22-23-18(5)13-20(25-22)27-8-6-26(7-9-27)14-21(28)24-19-11-16(3)10-17(4)12-19/h10-13,15H,6-9,14H2,1-5H3,(H,24,28). The molecule has 1 amide bonds. The van der Waals surface area contributed by atoms with Gasteiger partial charge >= 0.3 is 0 Å². The maximum absolute atomic E-state index is 12.4. The molecule has 1 N–H and O–H groups in total. The molecule has 0 saturated carbocycles. The van der Waals surface area contributed by atoms with Crippen LogP contribution in [0, 0.1) is 20.8 Å². The van der Waals surface area contributed by atoms with Gasteiger partial charge in [0.1, 0.15) is 11.6 Å². The average molecular weight is 382 g/mol. The topological polar surface area (TPSA) is 61.4 Å². The van der Waals surface area contributed by atoms with Crippen molar-refractivity contribution >= 4 is 17.4 Å². The molecule has 1 saturated heterocycles. The molecule has 0 unspecified atom stereocenters. The van der Waals surface area contributed by atoms with Gasteiger partial charge in [-0.1, -0.05) is 19.9 Å². The molecule has 6 nitrogen and oxygen atoms in total.